The van der Waals surface area contributed by atoms with E-state index in [4.69, 9.17) is 4.74 Å². The van der Waals surface area contributed by atoms with Gasteiger partial charge in [-0.25, -0.2) is 4.79 Å². The van der Waals surface area contributed by atoms with Gasteiger partial charge in [0.05, 0.1) is 7.11 Å². The van der Waals surface area contributed by atoms with Crippen molar-refractivity contribution in [2.45, 2.75) is 19.4 Å². The van der Waals surface area contributed by atoms with E-state index in [2.05, 4.69) is 10.6 Å². The average Bonchev–Trinajstić information content (AvgIpc) is 2.72. The second kappa shape index (κ2) is 6.05. The Morgan fingerprint density at radius 2 is 1.95 bits per heavy atom. The molecule has 2 rings (SSSR count). The summed E-state index contributed by atoms with van der Waals surface area (Å²) < 4.78 is 5.08. The van der Waals surface area contributed by atoms with Crippen LogP contribution in [0.25, 0.3) is 0 Å². The largest absolute Gasteiger partial charge is 0.497 e. The molecule has 1 aromatic rings. The zero-order valence-electron chi connectivity index (χ0n) is 12.8. The summed E-state index contributed by atoms with van der Waals surface area (Å²) in [6, 6.07) is 6.28. The molecule has 22 heavy (non-hydrogen) atoms. The van der Waals surface area contributed by atoms with Crippen molar-refractivity contribution in [1.29, 1.82) is 0 Å². The van der Waals surface area contributed by atoms with Crippen LogP contribution in [0.4, 0.5) is 4.79 Å². The predicted octanol–water partition coefficient (Wildman–Crippen LogP) is 0.598. The molecule has 0 radical (unpaired) electrons. The van der Waals surface area contributed by atoms with Crippen LogP contribution in [0.1, 0.15) is 19.4 Å². The lowest BCUT2D eigenvalue weighted by Crippen LogP contribution is -2.43. The average molecular weight is 305 g/mol. The molecule has 0 unspecified atom stereocenters. The molecule has 4 amide bonds. The van der Waals surface area contributed by atoms with E-state index in [-0.39, 0.29) is 12.5 Å². The number of nitrogens with one attached hydrogen (secondary N) is 2. The summed E-state index contributed by atoms with van der Waals surface area (Å²) in [4.78, 5) is 37.1. The van der Waals surface area contributed by atoms with Crippen LogP contribution in [0.15, 0.2) is 24.3 Å². The Labute approximate surface area is 128 Å². The quantitative estimate of drug-likeness (QED) is 0.780. The SMILES string of the molecule is CCNC(=O)CN1C(=O)N[C@@](C)(c2ccc(OC)cc2)C1=O. The highest BCUT2D eigenvalue weighted by atomic mass is 16.5. The second-order valence-electron chi connectivity index (χ2n) is 5.13. The van der Waals surface area contributed by atoms with Gasteiger partial charge in [-0.2, -0.15) is 0 Å². The molecule has 1 aliphatic heterocycles. The van der Waals surface area contributed by atoms with Gasteiger partial charge in [0.25, 0.3) is 5.91 Å². The van der Waals surface area contributed by atoms with Crippen LogP contribution < -0.4 is 15.4 Å². The maximum absolute atomic E-state index is 12.6. The summed E-state index contributed by atoms with van der Waals surface area (Å²) in [5, 5.41) is 5.21. The Kier molecular flexibility index (Phi) is 4.35. The molecule has 1 aromatic carbocycles. The van der Waals surface area contributed by atoms with Crippen molar-refractivity contribution in [3.8, 4) is 5.75 Å². The number of carbonyl (C=O) groups is 3. The molecule has 1 saturated heterocycles. The molecule has 1 atom stereocenters. The molecule has 0 aromatic heterocycles. The first-order chi connectivity index (χ1) is 10.4. The second-order valence-corrected chi connectivity index (χ2v) is 5.13. The van der Waals surface area contributed by atoms with Gasteiger partial charge < -0.3 is 15.4 Å². The van der Waals surface area contributed by atoms with E-state index < -0.39 is 17.5 Å². The molecule has 1 heterocycles. The molecular formula is C15H19N3O4. The minimum absolute atomic E-state index is 0.287. The first kappa shape index (κ1) is 15.8. The Bertz CT molecular complexity index is 599. The Balaban J connectivity index is 2.23. The van der Waals surface area contributed by atoms with E-state index in [9.17, 15) is 14.4 Å². The number of hydrogen-bond donors (Lipinski definition) is 2. The Hall–Kier alpha value is -2.57. The number of carbonyl (C=O) groups excluding carboxylic acids is 3. The van der Waals surface area contributed by atoms with E-state index in [0.717, 1.165) is 4.90 Å². The number of urea groups is 1. The topological polar surface area (TPSA) is 87.7 Å². The van der Waals surface area contributed by atoms with Gasteiger partial charge in [-0.15, -0.1) is 0 Å². The number of benzene rings is 1. The monoisotopic (exact) mass is 305 g/mol. The van der Waals surface area contributed by atoms with Gasteiger partial charge in [0.1, 0.15) is 17.8 Å². The predicted molar refractivity (Wildman–Crippen MR) is 79.3 cm³/mol. The third kappa shape index (κ3) is 2.74. The Morgan fingerprint density at radius 3 is 2.50 bits per heavy atom. The fraction of sp³-hybridized carbons (Fsp3) is 0.400. The minimum Gasteiger partial charge on any atom is -0.497 e. The lowest BCUT2D eigenvalue weighted by atomic mass is 9.92. The zero-order valence-corrected chi connectivity index (χ0v) is 12.8. The van der Waals surface area contributed by atoms with Crippen molar-refractivity contribution < 1.29 is 19.1 Å². The Morgan fingerprint density at radius 1 is 1.32 bits per heavy atom. The number of hydrogen-bond acceptors (Lipinski definition) is 4. The third-order valence-corrected chi connectivity index (χ3v) is 3.62. The maximum Gasteiger partial charge on any atom is 0.325 e. The van der Waals surface area contributed by atoms with Gasteiger partial charge in [0.2, 0.25) is 5.91 Å². The first-order valence-electron chi connectivity index (χ1n) is 6.97. The van der Waals surface area contributed by atoms with Crippen LogP contribution in [0.5, 0.6) is 5.75 Å². The van der Waals surface area contributed by atoms with Gasteiger partial charge in [0, 0.05) is 6.54 Å². The molecule has 1 aliphatic rings. The number of ether oxygens (including phenoxy) is 1. The summed E-state index contributed by atoms with van der Waals surface area (Å²) in [5.74, 6) is -0.165. The van der Waals surface area contributed by atoms with Crippen molar-refractivity contribution in [2.75, 3.05) is 20.2 Å². The summed E-state index contributed by atoms with van der Waals surface area (Å²) in [6.45, 7) is 3.54. The van der Waals surface area contributed by atoms with Gasteiger partial charge in [-0.3, -0.25) is 14.5 Å². The van der Waals surface area contributed by atoms with E-state index in [1.165, 1.54) is 0 Å². The summed E-state index contributed by atoms with van der Waals surface area (Å²) in [7, 11) is 1.55. The normalized spacial score (nSPS) is 20.8. The van der Waals surface area contributed by atoms with E-state index in [1.807, 2.05) is 0 Å². The number of nitrogens with zero attached hydrogens (tertiary/aromatic N) is 1. The smallest absolute Gasteiger partial charge is 0.325 e. The van der Waals surface area contributed by atoms with Crippen LogP contribution in [-0.4, -0.2) is 42.9 Å². The van der Waals surface area contributed by atoms with Gasteiger partial charge in [-0.05, 0) is 31.5 Å². The van der Waals surface area contributed by atoms with Crippen molar-refractivity contribution in [1.82, 2.24) is 15.5 Å². The van der Waals surface area contributed by atoms with E-state index >= 15 is 0 Å². The lowest BCUT2D eigenvalue weighted by molar-refractivity contribution is -0.134. The molecule has 0 aliphatic carbocycles. The zero-order chi connectivity index (χ0) is 16.3. The molecule has 7 nitrogen and oxygen atoms in total. The van der Waals surface area contributed by atoms with Gasteiger partial charge in [-0.1, -0.05) is 12.1 Å². The molecular weight excluding hydrogens is 286 g/mol. The van der Waals surface area contributed by atoms with Gasteiger partial charge >= 0.3 is 6.03 Å². The number of likely N-dealkylation sites (N-methyl/N-ethyl adjacent to an activating group) is 1. The number of amides is 4. The molecule has 1 fully saturated rings. The maximum atomic E-state index is 12.6. The molecule has 0 bridgehead atoms. The highest BCUT2D eigenvalue weighted by Gasteiger charge is 2.49. The molecule has 7 heteroatoms. The summed E-state index contributed by atoms with van der Waals surface area (Å²) in [6.07, 6.45) is 0. The van der Waals surface area contributed by atoms with E-state index in [1.54, 1.807) is 45.2 Å². The van der Waals surface area contributed by atoms with Crippen LogP contribution in [0, 0.1) is 0 Å². The van der Waals surface area contributed by atoms with Crippen LogP contribution in [0.3, 0.4) is 0 Å². The van der Waals surface area contributed by atoms with Crippen molar-refractivity contribution >= 4 is 17.8 Å². The van der Waals surface area contributed by atoms with Crippen molar-refractivity contribution in [3.05, 3.63) is 29.8 Å². The number of methoxy groups -OCH3 is 1. The summed E-state index contributed by atoms with van der Waals surface area (Å²) >= 11 is 0. The fourth-order valence-corrected chi connectivity index (χ4v) is 2.36. The molecule has 0 spiro atoms. The first-order valence-corrected chi connectivity index (χ1v) is 6.97. The molecule has 0 saturated carbocycles. The van der Waals surface area contributed by atoms with Crippen LogP contribution >= 0.6 is 0 Å². The van der Waals surface area contributed by atoms with Gasteiger partial charge in [0.15, 0.2) is 0 Å². The third-order valence-electron chi connectivity index (χ3n) is 3.62. The lowest BCUT2D eigenvalue weighted by Gasteiger charge is -2.22. The minimum atomic E-state index is -1.18. The standard InChI is InChI=1S/C15H19N3O4/c1-4-16-12(19)9-18-13(20)15(2,17-14(18)21)10-5-7-11(22-3)8-6-10/h5-8H,4,9H2,1-3H3,(H,16,19)(H,17,21)/t15-/m0/s1. The molecule has 118 valence electrons. The van der Waals surface area contributed by atoms with Crippen molar-refractivity contribution in [3.63, 3.8) is 0 Å². The molecule has 2 N–H and O–H groups in total. The highest BCUT2D eigenvalue weighted by molar-refractivity contribution is 6.09. The van der Waals surface area contributed by atoms with Crippen molar-refractivity contribution in [2.24, 2.45) is 0 Å². The highest BCUT2D eigenvalue weighted by Crippen LogP contribution is 2.29. The number of imide groups is 1. The van der Waals surface area contributed by atoms with Crippen LogP contribution in [0.2, 0.25) is 0 Å². The number of rotatable bonds is 5. The summed E-state index contributed by atoms with van der Waals surface area (Å²) in [5.41, 5.74) is -0.555. The fourth-order valence-electron chi connectivity index (χ4n) is 2.36. The van der Waals surface area contributed by atoms with E-state index in [0.29, 0.717) is 17.9 Å². The van der Waals surface area contributed by atoms with Crippen LogP contribution in [-0.2, 0) is 15.1 Å².